The van der Waals surface area contributed by atoms with Crippen molar-refractivity contribution in [2.45, 2.75) is 39.5 Å². The molecule has 0 atom stereocenters. The number of hydrogen-bond acceptors (Lipinski definition) is 5. The van der Waals surface area contributed by atoms with E-state index in [2.05, 4.69) is 23.8 Å². The number of nitrogens with zero attached hydrogens (tertiary/aromatic N) is 2. The summed E-state index contributed by atoms with van der Waals surface area (Å²) < 4.78 is 0. The number of carbonyl (C=O) groups excluding carboxylic acids is 3. The summed E-state index contributed by atoms with van der Waals surface area (Å²) in [6.07, 6.45) is 1.28. The molecule has 0 saturated carbocycles. The van der Waals surface area contributed by atoms with E-state index in [0.717, 1.165) is 0 Å². The number of hydrogen-bond donors (Lipinski definition) is 0. The minimum atomic E-state index is -0.0200. The fourth-order valence-electron chi connectivity index (χ4n) is 1.38. The van der Waals surface area contributed by atoms with Gasteiger partial charge in [0, 0.05) is 90.4 Å². The van der Waals surface area contributed by atoms with Crippen LogP contribution in [0.4, 0.5) is 0 Å². The second kappa shape index (κ2) is 35.6. The third-order valence-corrected chi connectivity index (χ3v) is 2.22. The van der Waals surface area contributed by atoms with E-state index in [1.165, 1.54) is 13.8 Å². The Kier molecular flexibility index (Phi) is 65.6. The van der Waals surface area contributed by atoms with Crippen molar-refractivity contribution in [1.29, 1.82) is 0 Å². The van der Waals surface area contributed by atoms with Crippen LogP contribution in [0.5, 0.6) is 0 Å². The van der Waals surface area contributed by atoms with Gasteiger partial charge >= 0.3 is 18.6 Å². The average Bonchev–Trinajstić information content (AvgIpc) is 2.38. The molecule has 0 aromatic rings. The summed E-state index contributed by atoms with van der Waals surface area (Å²) in [5.74, 6) is 0.0368. The minimum Gasteiger partial charge on any atom is -0.361 e. The Balaban J connectivity index is -0.0000000407. The second-order valence-electron chi connectivity index (χ2n) is 4.54. The molecule has 151 valence electrons. The van der Waals surface area contributed by atoms with Crippen LogP contribution in [0.25, 0.3) is 0 Å². The van der Waals surface area contributed by atoms with Crippen LogP contribution >= 0.6 is 0 Å². The molecular formula is C18H31B2N2O3VY2-3. The van der Waals surface area contributed by atoms with Crippen LogP contribution < -0.4 is 0 Å². The third kappa shape index (κ3) is 41.5. The van der Waals surface area contributed by atoms with Crippen LogP contribution in [0.15, 0.2) is 9.98 Å². The van der Waals surface area contributed by atoms with Crippen molar-refractivity contribution in [2.75, 3.05) is 12.9 Å². The van der Waals surface area contributed by atoms with E-state index in [0.29, 0.717) is 17.8 Å². The zero-order valence-corrected chi connectivity index (χ0v) is 25.1. The second-order valence-corrected chi connectivity index (χ2v) is 4.54. The van der Waals surface area contributed by atoms with Gasteiger partial charge in [-0.25, -0.2) is 0 Å². The number of rotatable bonds is 9. The van der Waals surface area contributed by atoms with Gasteiger partial charge in [0.05, 0.1) is 15.7 Å². The van der Waals surface area contributed by atoms with Gasteiger partial charge in [-0.05, 0) is 26.7 Å². The smallest absolute Gasteiger partial charge is 0.361 e. The number of ketones is 3. The standard InChI is InChI=1S/C9H13BNO2.C6H9BNO.3CH3.V.2Y/c1-3-9(13)5-8(11-6-10)4-7(2)12;1-5(8-4-7)3-6(2)9;;;;;;/h1,3-6H2,2H3;1,3-4H2,2H3;3*1H3;;;/q5*-1;+2;;. The molecule has 28 heavy (non-hydrogen) atoms. The first-order valence-electron chi connectivity index (χ1n) is 6.84. The van der Waals surface area contributed by atoms with Crippen molar-refractivity contribution >= 4 is 44.5 Å². The van der Waals surface area contributed by atoms with E-state index in [9.17, 15) is 14.4 Å². The molecule has 10 heteroatoms. The predicted molar refractivity (Wildman–Crippen MR) is 111 cm³/mol. The monoisotopic (exact) mass is 574 g/mol. The summed E-state index contributed by atoms with van der Waals surface area (Å²) in [7, 11) is 10.3. The van der Waals surface area contributed by atoms with Gasteiger partial charge < -0.3 is 50.9 Å². The van der Waals surface area contributed by atoms with Crippen LogP contribution in [-0.4, -0.2) is 57.4 Å². The van der Waals surface area contributed by atoms with E-state index >= 15 is 0 Å². The zero-order valence-electron chi connectivity index (χ0n) is 18.0. The maximum Gasteiger partial charge on any atom is 2.00 e. The van der Waals surface area contributed by atoms with Crippen LogP contribution in [0.1, 0.15) is 39.5 Å². The maximum atomic E-state index is 11.0. The van der Waals surface area contributed by atoms with Gasteiger partial charge in [0.2, 0.25) is 0 Å². The molecule has 0 aromatic heterocycles. The van der Waals surface area contributed by atoms with Crippen molar-refractivity contribution in [1.82, 2.24) is 0 Å². The van der Waals surface area contributed by atoms with Crippen molar-refractivity contribution in [3.63, 3.8) is 0 Å². The van der Waals surface area contributed by atoms with Gasteiger partial charge in [-0.1, -0.05) is 0 Å². The number of aliphatic imine (C=N–C) groups is 2. The normalized spacial score (nSPS) is 8.96. The maximum absolute atomic E-state index is 11.0. The van der Waals surface area contributed by atoms with Gasteiger partial charge in [-0.2, -0.15) is 0 Å². The first-order valence-corrected chi connectivity index (χ1v) is 6.84. The van der Waals surface area contributed by atoms with Crippen LogP contribution in [0, 0.1) is 36.1 Å². The van der Waals surface area contributed by atoms with Gasteiger partial charge in [-0.3, -0.25) is 9.59 Å². The molecule has 0 rings (SSSR count). The van der Waals surface area contributed by atoms with Crippen LogP contribution in [0.3, 0.4) is 0 Å². The molecule has 0 heterocycles. The summed E-state index contributed by atoms with van der Waals surface area (Å²) >= 11 is 0. The molecule has 0 amide bonds. The van der Waals surface area contributed by atoms with E-state index in [-0.39, 0.29) is 156 Å². The first kappa shape index (κ1) is 51.6. The van der Waals surface area contributed by atoms with Crippen molar-refractivity contribution in [3.05, 3.63) is 36.1 Å². The van der Waals surface area contributed by atoms with E-state index in [1.54, 1.807) is 0 Å². The zero-order chi connectivity index (χ0) is 17.5. The van der Waals surface area contributed by atoms with Gasteiger partial charge in [0.15, 0.2) is 0 Å². The first-order chi connectivity index (χ1) is 10.3. The molecule has 0 saturated heterocycles. The molecular weight excluding hydrogens is 543 g/mol. The van der Waals surface area contributed by atoms with E-state index in [4.69, 9.17) is 15.7 Å². The Hall–Kier alpha value is 1.14. The Morgan fingerprint density at radius 3 is 1.50 bits per heavy atom. The van der Waals surface area contributed by atoms with Crippen LogP contribution in [-0.2, 0) is 98.4 Å². The summed E-state index contributed by atoms with van der Waals surface area (Å²) in [4.78, 5) is 39.7. The van der Waals surface area contributed by atoms with Crippen molar-refractivity contribution in [2.24, 2.45) is 9.98 Å². The Morgan fingerprint density at radius 1 is 0.821 bits per heavy atom. The quantitative estimate of drug-likeness (QED) is 0.242. The predicted octanol–water partition coefficient (Wildman–Crippen LogP) is 2.43. The Labute approximate surface area is 238 Å². The van der Waals surface area contributed by atoms with Crippen LogP contribution in [0.2, 0.25) is 0 Å². The van der Waals surface area contributed by atoms with Crippen molar-refractivity contribution < 1.29 is 98.4 Å². The summed E-state index contributed by atoms with van der Waals surface area (Å²) in [5, 5.41) is 0. The number of Topliss-reactive ketones (excluding diaryl/α,β-unsaturated/α-hetero) is 3. The van der Waals surface area contributed by atoms with Gasteiger partial charge in [0.1, 0.15) is 17.3 Å². The molecule has 0 aromatic carbocycles. The largest absolute Gasteiger partial charge is 2.00 e. The number of carbonyl (C=O) groups is 3. The molecule has 0 aliphatic carbocycles. The van der Waals surface area contributed by atoms with Crippen molar-refractivity contribution in [3.8, 4) is 0 Å². The molecule has 0 aliphatic heterocycles. The molecule has 7 radical (unpaired) electrons. The summed E-state index contributed by atoms with van der Waals surface area (Å²) in [6, 6.07) is 0. The fraction of sp³-hybridized carbons (Fsp3) is 0.444. The van der Waals surface area contributed by atoms with Gasteiger partial charge in [-0.15, -0.1) is 12.1 Å². The fourth-order valence-corrected chi connectivity index (χ4v) is 1.38. The van der Waals surface area contributed by atoms with E-state index < -0.39 is 0 Å². The molecule has 0 N–H and O–H groups in total. The molecule has 0 aliphatic rings. The summed E-state index contributed by atoms with van der Waals surface area (Å²) in [5.41, 5.74) is 1.12. The van der Waals surface area contributed by atoms with E-state index in [1.807, 2.05) is 0 Å². The Morgan fingerprint density at radius 2 is 1.21 bits per heavy atom. The van der Waals surface area contributed by atoms with Gasteiger partial charge in [0.25, 0.3) is 0 Å². The molecule has 0 spiro atoms. The third-order valence-electron chi connectivity index (χ3n) is 2.22. The average molecular weight is 574 g/mol. The minimum absolute atomic E-state index is 0. The summed E-state index contributed by atoms with van der Waals surface area (Å²) in [6.45, 7) is 9.93. The topological polar surface area (TPSA) is 75.9 Å². The molecule has 5 nitrogen and oxygen atoms in total. The molecule has 0 unspecified atom stereocenters. The molecule has 0 fully saturated rings. The SMILES string of the molecule is [B]CN=C(CC(C)=O)CC(=O)C[CH2-].[B]CN=C([CH2-])CC(C)=O.[CH3-].[CH3-].[CH3-].[V+2].[Y].[Y]. The molecule has 0 bridgehead atoms. The Bertz CT molecular complexity index is 451.